The second-order valence-corrected chi connectivity index (χ2v) is 6.63. The van der Waals surface area contributed by atoms with Crippen LogP contribution in [0.2, 0.25) is 0 Å². The summed E-state index contributed by atoms with van der Waals surface area (Å²) >= 11 is 8.92. The highest BCUT2D eigenvalue weighted by molar-refractivity contribution is 9.10. The van der Waals surface area contributed by atoms with Crippen molar-refractivity contribution in [2.24, 2.45) is 0 Å². The fourth-order valence-electron chi connectivity index (χ4n) is 2.34. The monoisotopic (exact) mass is 363 g/mol. The Morgan fingerprint density at radius 1 is 1.60 bits per heavy atom. The van der Waals surface area contributed by atoms with Crippen molar-refractivity contribution >= 4 is 33.4 Å². The number of morpholine rings is 1. The van der Waals surface area contributed by atoms with Crippen LogP contribution >= 0.6 is 27.5 Å². The van der Waals surface area contributed by atoms with Gasteiger partial charge in [0.15, 0.2) is 0 Å². The van der Waals surface area contributed by atoms with Crippen LogP contribution in [-0.2, 0) is 4.74 Å². The number of halogens is 3. The van der Waals surface area contributed by atoms with E-state index >= 15 is 0 Å². The third-order valence-corrected chi connectivity index (χ3v) is 4.09. The van der Waals surface area contributed by atoms with Gasteiger partial charge in [0.05, 0.1) is 22.1 Å². The van der Waals surface area contributed by atoms with Gasteiger partial charge in [0, 0.05) is 18.7 Å². The molecule has 1 aromatic carbocycles. The van der Waals surface area contributed by atoms with Crippen molar-refractivity contribution in [1.29, 1.82) is 0 Å². The Kier molecular flexibility index (Phi) is 4.72. The van der Waals surface area contributed by atoms with E-state index in [0.717, 1.165) is 0 Å². The molecule has 0 saturated carbocycles. The van der Waals surface area contributed by atoms with Gasteiger partial charge in [-0.1, -0.05) is 0 Å². The first-order chi connectivity index (χ1) is 9.32. The molecule has 0 spiro atoms. The number of hydrogen-bond donors (Lipinski definition) is 0. The van der Waals surface area contributed by atoms with Gasteiger partial charge in [-0.15, -0.1) is 11.6 Å². The molecule has 1 saturated heterocycles. The summed E-state index contributed by atoms with van der Waals surface area (Å²) in [5.41, 5.74) is -0.127. The molecule has 0 aromatic heterocycles. The Balaban J connectivity index is 2.21. The first-order valence-electron chi connectivity index (χ1n) is 6.30. The third kappa shape index (κ3) is 3.51. The fourth-order valence-corrected chi connectivity index (χ4v) is 2.75. The number of ether oxygens (including phenoxy) is 1. The first kappa shape index (κ1) is 15.7. The van der Waals surface area contributed by atoms with Crippen molar-refractivity contribution in [1.82, 2.24) is 4.90 Å². The molecule has 6 heteroatoms. The summed E-state index contributed by atoms with van der Waals surface area (Å²) in [5.74, 6) is -0.331. The number of nitrogens with zero attached hydrogens (tertiary/aromatic N) is 1. The molecule has 20 heavy (non-hydrogen) atoms. The quantitative estimate of drug-likeness (QED) is 0.752. The molecule has 0 radical (unpaired) electrons. The van der Waals surface area contributed by atoms with Gasteiger partial charge in [-0.3, -0.25) is 4.79 Å². The smallest absolute Gasteiger partial charge is 0.254 e. The topological polar surface area (TPSA) is 29.5 Å². The van der Waals surface area contributed by atoms with Crippen LogP contribution in [0.5, 0.6) is 0 Å². The van der Waals surface area contributed by atoms with E-state index in [-0.39, 0.29) is 12.0 Å². The molecule has 3 nitrogen and oxygen atoms in total. The van der Waals surface area contributed by atoms with Crippen molar-refractivity contribution in [2.45, 2.75) is 25.6 Å². The molecular formula is C14H16BrClFNO2. The van der Waals surface area contributed by atoms with Gasteiger partial charge < -0.3 is 9.64 Å². The summed E-state index contributed by atoms with van der Waals surface area (Å²) in [6.07, 6.45) is -0.204. The summed E-state index contributed by atoms with van der Waals surface area (Å²) in [7, 11) is 0. The highest BCUT2D eigenvalue weighted by Crippen LogP contribution is 2.24. The minimum Gasteiger partial charge on any atom is -0.367 e. The molecule has 0 aliphatic carbocycles. The molecule has 1 unspecified atom stereocenters. The van der Waals surface area contributed by atoms with E-state index in [1.54, 1.807) is 11.0 Å². The normalized spacial score (nSPS) is 21.9. The van der Waals surface area contributed by atoms with Gasteiger partial charge in [0.2, 0.25) is 0 Å². The number of hydrogen-bond acceptors (Lipinski definition) is 2. The summed E-state index contributed by atoms with van der Waals surface area (Å²) in [6, 6.07) is 4.38. The second kappa shape index (κ2) is 6.00. The number of carbonyl (C=O) groups excluding carboxylic acids is 1. The average molecular weight is 365 g/mol. The summed E-state index contributed by atoms with van der Waals surface area (Å²) in [5, 5.41) is 0. The van der Waals surface area contributed by atoms with E-state index < -0.39 is 11.4 Å². The van der Waals surface area contributed by atoms with Crippen LogP contribution < -0.4 is 0 Å². The zero-order valence-electron chi connectivity index (χ0n) is 11.3. The molecule has 1 atom stereocenters. The van der Waals surface area contributed by atoms with E-state index in [2.05, 4.69) is 15.9 Å². The van der Waals surface area contributed by atoms with Gasteiger partial charge in [0.25, 0.3) is 5.91 Å². The zero-order valence-corrected chi connectivity index (χ0v) is 13.7. The van der Waals surface area contributed by atoms with E-state index in [9.17, 15) is 9.18 Å². The molecule has 0 N–H and O–H groups in total. The van der Waals surface area contributed by atoms with Crippen LogP contribution in [0.25, 0.3) is 0 Å². The van der Waals surface area contributed by atoms with Crippen molar-refractivity contribution in [2.75, 3.05) is 19.0 Å². The number of amides is 1. The van der Waals surface area contributed by atoms with Crippen molar-refractivity contribution in [3.8, 4) is 0 Å². The van der Waals surface area contributed by atoms with Crippen LogP contribution in [0.1, 0.15) is 24.2 Å². The van der Waals surface area contributed by atoms with Gasteiger partial charge in [-0.05, 0) is 48.0 Å². The Morgan fingerprint density at radius 3 is 2.90 bits per heavy atom. The standard InChI is InChI=1S/C14H16BrClFNO2/c1-14(2)8-18(7-10(6-16)20-14)13(19)9-3-4-11(15)12(17)5-9/h3-5,10H,6-8H2,1-2H3. The van der Waals surface area contributed by atoms with Crippen LogP contribution in [0.3, 0.4) is 0 Å². The summed E-state index contributed by atoms with van der Waals surface area (Å²) in [6.45, 7) is 4.70. The lowest BCUT2D eigenvalue weighted by molar-refractivity contribution is -0.117. The third-order valence-electron chi connectivity index (χ3n) is 3.11. The van der Waals surface area contributed by atoms with Crippen LogP contribution in [0.15, 0.2) is 22.7 Å². The first-order valence-corrected chi connectivity index (χ1v) is 7.63. The Bertz CT molecular complexity index is 524. The second-order valence-electron chi connectivity index (χ2n) is 5.47. The van der Waals surface area contributed by atoms with Crippen LogP contribution in [0.4, 0.5) is 4.39 Å². The predicted octanol–water partition coefficient (Wildman–Crippen LogP) is 3.45. The number of rotatable bonds is 2. The molecule has 110 valence electrons. The summed E-state index contributed by atoms with van der Waals surface area (Å²) in [4.78, 5) is 14.1. The number of carbonyl (C=O) groups is 1. The molecule has 2 rings (SSSR count). The average Bonchev–Trinajstić information content (AvgIpc) is 2.39. The number of alkyl halides is 1. The van der Waals surface area contributed by atoms with Crippen molar-refractivity contribution in [3.63, 3.8) is 0 Å². The molecule has 1 amide bonds. The maximum absolute atomic E-state index is 13.5. The molecular weight excluding hydrogens is 349 g/mol. The van der Waals surface area contributed by atoms with Gasteiger partial charge in [-0.2, -0.15) is 0 Å². The lowest BCUT2D eigenvalue weighted by Gasteiger charge is -2.42. The molecule has 1 aliphatic rings. The molecule has 0 bridgehead atoms. The highest BCUT2D eigenvalue weighted by atomic mass is 79.9. The summed E-state index contributed by atoms with van der Waals surface area (Å²) < 4.78 is 19.7. The van der Waals surface area contributed by atoms with E-state index in [1.165, 1.54) is 12.1 Å². The molecule has 1 fully saturated rings. The minimum absolute atomic E-state index is 0.204. The largest absolute Gasteiger partial charge is 0.367 e. The Morgan fingerprint density at radius 2 is 2.30 bits per heavy atom. The lowest BCUT2D eigenvalue weighted by atomic mass is 10.0. The van der Waals surface area contributed by atoms with E-state index in [1.807, 2.05) is 13.8 Å². The van der Waals surface area contributed by atoms with E-state index in [4.69, 9.17) is 16.3 Å². The maximum atomic E-state index is 13.5. The lowest BCUT2D eigenvalue weighted by Crippen LogP contribution is -2.55. The Hall–Kier alpha value is -0.650. The molecule has 1 heterocycles. The number of benzene rings is 1. The van der Waals surface area contributed by atoms with Gasteiger partial charge in [-0.25, -0.2) is 4.39 Å². The Labute approximate surface area is 131 Å². The minimum atomic E-state index is -0.457. The highest BCUT2D eigenvalue weighted by Gasteiger charge is 2.35. The fraction of sp³-hybridized carbons (Fsp3) is 0.500. The van der Waals surface area contributed by atoms with Gasteiger partial charge >= 0.3 is 0 Å². The molecule has 1 aliphatic heterocycles. The van der Waals surface area contributed by atoms with Crippen LogP contribution in [-0.4, -0.2) is 41.5 Å². The van der Waals surface area contributed by atoms with Crippen molar-refractivity contribution in [3.05, 3.63) is 34.1 Å². The van der Waals surface area contributed by atoms with Crippen LogP contribution in [0, 0.1) is 5.82 Å². The molecule has 1 aromatic rings. The van der Waals surface area contributed by atoms with E-state index in [0.29, 0.717) is 29.0 Å². The van der Waals surface area contributed by atoms with Gasteiger partial charge in [0.1, 0.15) is 5.82 Å². The zero-order chi connectivity index (χ0) is 14.9. The predicted molar refractivity (Wildman–Crippen MR) is 79.7 cm³/mol. The SMILES string of the molecule is CC1(C)CN(C(=O)c2ccc(Br)c(F)c2)CC(CCl)O1. The maximum Gasteiger partial charge on any atom is 0.254 e. The van der Waals surface area contributed by atoms with Crippen molar-refractivity contribution < 1.29 is 13.9 Å².